The van der Waals surface area contributed by atoms with Gasteiger partial charge in [-0.1, -0.05) is 52.4 Å². The van der Waals surface area contributed by atoms with Gasteiger partial charge in [0.15, 0.2) is 0 Å². The van der Waals surface area contributed by atoms with Crippen LogP contribution in [0.15, 0.2) is 5.10 Å². The van der Waals surface area contributed by atoms with E-state index < -0.39 is 0 Å². The summed E-state index contributed by atoms with van der Waals surface area (Å²) < 4.78 is 12.6. The number of hydrogen-bond acceptors (Lipinski definition) is 4. The molecular formula is C23H46N2O2. The van der Waals surface area contributed by atoms with Crippen molar-refractivity contribution in [3.63, 3.8) is 0 Å². The normalized spacial score (nSPS) is 28.4. The Morgan fingerprint density at radius 1 is 0.926 bits per heavy atom. The second kappa shape index (κ2) is 13.5. The van der Waals surface area contributed by atoms with Gasteiger partial charge in [0.2, 0.25) is 0 Å². The van der Waals surface area contributed by atoms with E-state index in [-0.39, 0.29) is 18.3 Å². The first kappa shape index (κ1) is 24.4. The summed E-state index contributed by atoms with van der Waals surface area (Å²) in [4.78, 5) is 0. The third-order valence-electron chi connectivity index (χ3n) is 5.85. The van der Waals surface area contributed by atoms with Crippen molar-refractivity contribution in [2.45, 2.75) is 124 Å². The van der Waals surface area contributed by atoms with E-state index in [2.05, 4.69) is 45.1 Å². The molecule has 0 saturated carbocycles. The average Bonchev–Trinajstić information content (AvgIpc) is 2.60. The predicted molar refractivity (Wildman–Crippen MR) is 116 cm³/mol. The highest BCUT2D eigenvalue weighted by molar-refractivity contribution is 5.78. The van der Waals surface area contributed by atoms with Crippen LogP contribution in [0.4, 0.5) is 0 Å². The van der Waals surface area contributed by atoms with Crippen LogP contribution in [0.25, 0.3) is 0 Å². The monoisotopic (exact) mass is 382 g/mol. The lowest BCUT2D eigenvalue weighted by molar-refractivity contribution is -0.194. The van der Waals surface area contributed by atoms with Crippen LogP contribution in [0.5, 0.6) is 0 Å². The fraction of sp³-hybridized carbons (Fsp3) is 0.957. The van der Waals surface area contributed by atoms with Crippen LogP contribution in [0, 0.1) is 11.8 Å². The van der Waals surface area contributed by atoms with Crippen LogP contribution in [0.1, 0.15) is 99.8 Å². The number of nitrogens with one attached hydrogen (secondary N) is 1. The largest absolute Gasteiger partial charge is 0.373 e. The van der Waals surface area contributed by atoms with Gasteiger partial charge in [0, 0.05) is 12.3 Å². The van der Waals surface area contributed by atoms with Crippen molar-refractivity contribution in [3.8, 4) is 0 Å². The maximum Gasteiger partial charge on any atom is 0.0869 e. The van der Waals surface area contributed by atoms with Crippen molar-refractivity contribution < 1.29 is 9.47 Å². The minimum absolute atomic E-state index is 0.248. The summed E-state index contributed by atoms with van der Waals surface area (Å²) in [5.41, 5.74) is 4.22. The highest BCUT2D eigenvalue weighted by atomic mass is 16.6. The molecule has 0 aromatic rings. The Balaban J connectivity index is 2.15. The molecule has 0 spiro atoms. The van der Waals surface area contributed by atoms with E-state index in [1.807, 2.05) is 13.8 Å². The highest BCUT2D eigenvalue weighted by Gasteiger charge is 2.40. The van der Waals surface area contributed by atoms with Gasteiger partial charge in [0.05, 0.1) is 24.4 Å². The van der Waals surface area contributed by atoms with Crippen molar-refractivity contribution in [2.24, 2.45) is 16.9 Å². The Morgan fingerprint density at radius 3 is 2.11 bits per heavy atom. The number of unbranched alkanes of at least 4 members (excludes halogenated alkanes) is 6. The molecule has 1 rings (SSSR count). The molecule has 1 aliphatic rings. The minimum Gasteiger partial charge on any atom is -0.373 e. The summed E-state index contributed by atoms with van der Waals surface area (Å²) in [6, 6.07) is 0. The van der Waals surface area contributed by atoms with Crippen LogP contribution in [0.3, 0.4) is 0 Å². The summed E-state index contributed by atoms with van der Waals surface area (Å²) in [5.74, 6) is 1.13. The molecule has 1 fully saturated rings. The van der Waals surface area contributed by atoms with Crippen LogP contribution in [0.2, 0.25) is 0 Å². The van der Waals surface area contributed by atoms with Crippen molar-refractivity contribution in [1.82, 2.24) is 5.43 Å². The molecule has 2 unspecified atom stereocenters. The van der Waals surface area contributed by atoms with Crippen molar-refractivity contribution in [3.05, 3.63) is 0 Å². The topological polar surface area (TPSA) is 42.9 Å². The van der Waals surface area contributed by atoms with E-state index in [9.17, 15) is 0 Å². The van der Waals surface area contributed by atoms with Gasteiger partial charge in [-0.2, -0.15) is 5.10 Å². The maximum atomic E-state index is 6.34. The van der Waals surface area contributed by atoms with Crippen molar-refractivity contribution >= 4 is 5.71 Å². The zero-order valence-electron chi connectivity index (χ0n) is 19.1. The Kier molecular flexibility index (Phi) is 12.3. The maximum absolute atomic E-state index is 6.34. The fourth-order valence-electron chi connectivity index (χ4n) is 3.95. The molecule has 27 heavy (non-hydrogen) atoms. The number of ether oxygens (including phenoxy) is 2. The Hall–Kier alpha value is -0.610. The molecule has 5 atom stereocenters. The Bertz CT molecular complexity index is 407. The van der Waals surface area contributed by atoms with Gasteiger partial charge in [-0.3, -0.25) is 0 Å². The third-order valence-corrected chi connectivity index (χ3v) is 5.85. The van der Waals surface area contributed by atoms with E-state index in [0.29, 0.717) is 17.9 Å². The molecule has 4 heteroatoms. The van der Waals surface area contributed by atoms with E-state index in [1.165, 1.54) is 44.9 Å². The highest BCUT2D eigenvalue weighted by Crippen LogP contribution is 2.35. The summed E-state index contributed by atoms with van der Waals surface area (Å²) in [6.45, 7) is 16.2. The quantitative estimate of drug-likeness (QED) is 0.243. The van der Waals surface area contributed by atoms with Gasteiger partial charge in [-0.05, 0) is 59.3 Å². The standard InChI is InChI=1S/C23H46N2O2/c1-17(2)25-24-16-14-12-10-8-9-11-13-15-22-23(26-18(3)4)20(6)19(5)21(7)27-22/h18-24H,8-16H2,1-7H3/t19?,20-,21-,22?,23+/m1/s1. The van der Waals surface area contributed by atoms with Gasteiger partial charge in [-0.15, -0.1) is 0 Å². The molecule has 1 N–H and O–H groups in total. The second-order valence-electron chi connectivity index (χ2n) is 8.98. The molecule has 0 bridgehead atoms. The van der Waals surface area contributed by atoms with Gasteiger partial charge in [-0.25, -0.2) is 0 Å². The smallest absolute Gasteiger partial charge is 0.0869 e. The molecule has 160 valence electrons. The lowest BCUT2D eigenvalue weighted by Crippen LogP contribution is -2.50. The van der Waals surface area contributed by atoms with E-state index in [4.69, 9.17) is 9.47 Å². The molecule has 4 nitrogen and oxygen atoms in total. The zero-order valence-corrected chi connectivity index (χ0v) is 19.1. The molecule has 0 aliphatic carbocycles. The average molecular weight is 383 g/mol. The molecule has 1 saturated heterocycles. The summed E-state index contributed by atoms with van der Waals surface area (Å²) in [7, 11) is 0. The van der Waals surface area contributed by atoms with Crippen LogP contribution >= 0.6 is 0 Å². The fourth-order valence-corrected chi connectivity index (χ4v) is 3.95. The Labute approximate surface area is 168 Å². The SMILES string of the molecule is CC(C)=NNCCCCCCCCCC1O[C@H](C)C(C)[C@@H](C)[C@@H]1OC(C)C. The summed E-state index contributed by atoms with van der Waals surface area (Å²) in [5, 5.41) is 4.21. The lowest BCUT2D eigenvalue weighted by Gasteiger charge is -2.44. The second-order valence-corrected chi connectivity index (χ2v) is 8.98. The van der Waals surface area contributed by atoms with Crippen LogP contribution in [-0.4, -0.2) is 36.7 Å². The van der Waals surface area contributed by atoms with Gasteiger partial charge in [0.25, 0.3) is 0 Å². The number of rotatable bonds is 13. The van der Waals surface area contributed by atoms with E-state index in [0.717, 1.165) is 18.7 Å². The van der Waals surface area contributed by atoms with Gasteiger partial charge >= 0.3 is 0 Å². The first-order chi connectivity index (χ1) is 12.8. The zero-order chi connectivity index (χ0) is 20.2. The first-order valence-electron chi connectivity index (χ1n) is 11.4. The number of nitrogens with zero attached hydrogens (tertiary/aromatic N) is 1. The molecule has 0 aromatic carbocycles. The Morgan fingerprint density at radius 2 is 1.52 bits per heavy atom. The van der Waals surface area contributed by atoms with E-state index >= 15 is 0 Å². The molecule has 0 amide bonds. The first-order valence-corrected chi connectivity index (χ1v) is 11.4. The molecule has 1 aliphatic heterocycles. The molecule has 0 aromatic heterocycles. The van der Waals surface area contributed by atoms with Gasteiger partial charge < -0.3 is 14.9 Å². The summed E-state index contributed by atoms with van der Waals surface area (Å²) >= 11 is 0. The third kappa shape index (κ3) is 9.94. The minimum atomic E-state index is 0.248. The molecule has 0 radical (unpaired) electrons. The van der Waals surface area contributed by atoms with Crippen molar-refractivity contribution in [1.29, 1.82) is 0 Å². The van der Waals surface area contributed by atoms with Crippen LogP contribution < -0.4 is 5.43 Å². The number of hydrogen-bond donors (Lipinski definition) is 1. The molecule has 1 heterocycles. The molecular weight excluding hydrogens is 336 g/mol. The predicted octanol–water partition coefficient (Wildman–Crippen LogP) is 5.95. The van der Waals surface area contributed by atoms with Crippen LogP contribution in [-0.2, 0) is 9.47 Å². The van der Waals surface area contributed by atoms with Gasteiger partial charge in [0.1, 0.15) is 0 Å². The number of hydrazone groups is 1. The van der Waals surface area contributed by atoms with E-state index in [1.54, 1.807) is 0 Å². The van der Waals surface area contributed by atoms with Crippen molar-refractivity contribution in [2.75, 3.05) is 6.54 Å². The lowest BCUT2D eigenvalue weighted by atomic mass is 9.80. The summed E-state index contributed by atoms with van der Waals surface area (Å²) in [6.07, 6.45) is 11.4.